The van der Waals surface area contributed by atoms with Crippen LogP contribution in [-0.2, 0) is 14.3 Å². The van der Waals surface area contributed by atoms with Crippen molar-refractivity contribution >= 4 is 23.6 Å². The van der Waals surface area contributed by atoms with Crippen molar-refractivity contribution in [2.75, 3.05) is 11.9 Å². The molecule has 35 heavy (non-hydrogen) atoms. The number of aryl methyl sites for hydroxylation is 2. The number of amides is 3. The van der Waals surface area contributed by atoms with Gasteiger partial charge in [-0.2, -0.15) is 0 Å². The number of rotatable bonds is 7. The van der Waals surface area contributed by atoms with E-state index < -0.39 is 17.7 Å². The van der Waals surface area contributed by atoms with E-state index in [2.05, 4.69) is 17.6 Å². The Labute approximate surface area is 208 Å². The molecule has 2 N–H and O–H groups in total. The molecule has 1 aliphatic carbocycles. The minimum Gasteiger partial charge on any atom is -0.444 e. The normalized spacial score (nSPS) is 17.8. The third-order valence-corrected chi connectivity index (χ3v) is 6.37. The van der Waals surface area contributed by atoms with Gasteiger partial charge < -0.3 is 20.3 Å². The first-order valence-corrected chi connectivity index (χ1v) is 12.1. The average molecular weight is 480 g/mol. The van der Waals surface area contributed by atoms with Crippen LogP contribution in [0.25, 0.3) is 0 Å². The smallest absolute Gasteiger partial charge is 0.408 e. The summed E-state index contributed by atoms with van der Waals surface area (Å²) in [6, 6.07) is 12.4. The van der Waals surface area contributed by atoms with Crippen molar-refractivity contribution in [2.24, 2.45) is 5.92 Å². The number of nitrogens with one attached hydrogen (secondary N) is 2. The minimum atomic E-state index is -0.836. The van der Waals surface area contributed by atoms with Gasteiger partial charge in [-0.25, -0.2) is 4.79 Å². The fourth-order valence-electron chi connectivity index (χ4n) is 4.17. The fraction of sp³-hybridized carbons (Fsp3) is 0.464. The van der Waals surface area contributed by atoms with Gasteiger partial charge in [0.25, 0.3) is 5.91 Å². The van der Waals surface area contributed by atoms with Gasteiger partial charge in [0.1, 0.15) is 18.2 Å². The summed E-state index contributed by atoms with van der Waals surface area (Å²) in [5.41, 5.74) is 3.75. The molecular formula is C28H37N3O4. The lowest BCUT2D eigenvalue weighted by atomic mass is 9.95. The SMILES string of the molecule is Cc1ccccc1NC(=O)C(c1cccc(C)c1C)N(C(=O)CNC(=O)OC(C)(C)C)C1CC1C. The van der Waals surface area contributed by atoms with Crippen LogP contribution in [0.15, 0.2) is 42.5 Å². The highest BCUT2D eigenvalue weighted by Gasteiger charge is 2.46. The van der Waals surface area contributed by atoms with Gasteiger partial charge >= 0.3 is 6.09 Å². The number of nitrogens with zero attached hydrogens (tertiary/aromatic N) is 1. The predicted molar refractivity (Wildman–Crippen MR) is 137 cm³/mol. The summed E-state index contributed by atoms with van der Waals surface area (Å²) < 4.78 is 5.28. The van der Waals surface area contributed by atoms with Crippen LogP contribution >= 0.6 is 0 Å². The van der Waals surface area contributed by atoms with E-state index in [1.54, 1.807) is 25.7 Å². The molecule has 3 atom stereocenters. The Kier molecular flexibility index (Phi) is 7.88. The Bertz CT molecular complexity index is 1110. The number of alkyl carbamates (subject to hydrolysis) is 1. The molecule has 2 aromatic carbocycles. The molecule has 0 radical (unpaired) electrons. The zero-order chi connectivity index (χ0) is 25.9. The lowest BCUT2D eigenvalue weighted by Crippen LogP contribution is -2.48. The van der Waals surface area contributed by atoms with E-state index in [1.165, 1.54) is 0 Å². The second-order valence-corrected chi connectivity index (χ2v) is 10.4. The van der Waals surface area contributed by atoms with Gasteiger partial charge in [0, 0.05) is 11.7 Å². The van der Waals surface area contributed by atoms with Crippen LogP contribution in [0, 0.1) is 26.7 Å². The molecule has 188 valence electrons. The monoisotopic (exact) mass is 479 g/mol. The van der Waals surface area contributed by atoms with Crippen LogP contribution in [0.5, 0.6) is 0 Å². The molecule has 0 bridgehead atoms. The Balaban J connectivity index is 1.95. The molecule has 0 aliphatic heterocycles. The molecule has 3 amide bonds. The van der Waals surface area contributed by atoms with Gasteiger partial charge in [0.2, 0.25) is 5.91 Å². The first-order chi connectivity index (χ1) is 16.4. The maximum atomic E-state index is 13.8. The molecule has 3 unspecified atom stereocenters. The van der Waals surface area contributed by atoms with Crippen molar-refractivity contribution in [1.82, 2.24) is 10.2 Å². The Morgan fingerprint density at radius 3 is 2.26 bits per heavy atom. The summed E-state index contributed by atoms with van der Waals surface area (Å²) in [6.07, 6.45) is 0.138. The van der Waals surface area contributed by atoms with Gasteiger partial charge in [0.05, 0.1) is 0 Å². The van der Waals surface area contributed by atoms with E-state index in [0.29, 0.717) is 5.69 Å². The lowest BCUT2D eigenvalue weighted by Gasteiger charge is -2.33. The van der Waals surface area contributed by atoms with E-state index in [0.717, 1.165) is 28.7 Å². The quantitative estimate of drug-likeness (QED) is 0.582. The van der Waals surface area contributed by atoms with E-state index in [4.69, 9.17) is 4.74 Å². The summed E-state index contributed by atoms with van der Waals surface area (Å²) in [6.45, 7) is 13.0. The summed E-state index contributed by atoms with van der Waals surface area (Å²) in [5, 5.41) is 5.60. The first-order valence-electron chi connectivity index (χ1n) is 12.1. The number of carbonyl (C=O) groups excluding carboxylic acids is 3. The summed E-state index contributed by atoms with van der Waals surface area (Å²) in [5.74, 6) is -0.340. The number of para-hydroxylation sites is 1. The zero-order valence-electron chi connectivity index (χ0n) is 21.8. The summed E-state index contributed by atoms with van der Waals surface area (Å²) in [4.78, 5) is 41.2. The maximum Gasteiger partial charge on any atom is 0.408 e. The van der Waals surface area contributed by atoms with Crippen LogP contribution in [0.4, 0.5) is 10.5 Å². The van der Waals surface area contributed by atoms with Crippen LogP contribution in [-0.4, -0.2) is 41.0 Å². The van der Waals surface area contributed by atoms with E-state index in [-0.39, 0.29) is 30.3 Å². The van der Waals surface area contributed by atoms with E-state index in [1.807, 2.05) is 63.2 Å². The highest BCUT2D eigenvalue weighted by molar-refractivity contribution is 5.99. The van der Waals surface area contributed by atoms with Crippen molar-refractivity contribution in [1.29, 1.82) is 0 Å². The van der Waals surface area contributed by atoms with Crippen LogP contribution < -0.4 is 10.6 Å². The number of ether oxygens (including phenoxy) is 1. The van der Waals surface area contributed by atoms with Crippen molar-refractivity contribution in [2.45, 2.75) is 72.6 Å². The Morgan fingerprint density at radius 1 is 1.03 bits per heavy atom. The van der Waals surface area contributed by atoms with E-state index >= 15 is 0 Å². The number of anilines is 1. The third-order valence-electron chi connectivity index (χ3n) is 6.37. The largest absolute Gasteiger partial charge is 0.444 e. The minimum absolute atomic E-state index is 0.0875. The van der Waals surface area contributed by atoms with Gasteiger partial charge in [-0.3, -0.25) is 9.59 Å². The number of hydrogen-bond acceptors (Lipinski definition) is 4. The molecule has 0 saturated heterocycles. The fourth-order valence-corrected chi connectivity index (χ4v) is 4.17. The van der Waals surface area contributed by atoms with Gasteiger partial charge in [-0.1, -0.05) is 43.3 Å². The molecule has 2 aromatic rings. The second kappa shape index (κ2) is 10.5. The number of hydrogen-bond donors (Lipinski definition) is 2. The second-order valence-electron chi connectivity index (χ2n) is 10.4. The zero-order valence-corrected chi connectivity index (χ0v) is 21.8. The standard InChI is InChI=1S/C28H37N3O4/c1-17-12-10-13-21(20(17)4)25(26(33)30-22-14-9-8-11-18(22)2)31(23-15-19(23)3)24(32)16-29-27(34)35-28(5,6)7/h8-14,19,23,25H,15-16H2,1-7H3,(H,29,34)(H,30,33). The van der Waals surface area contributed by atoms with Crippen molar-refractivity contribution in [3.05, 3.63) is 64.7 Å². The number of benzene rings is 2. The predicted octanol–water partition coefficient (Wildman–Crippen LogP) is 5.05. The topological polar surface area (TPSA) is 87.7 Å². The van der Waals surface area contributed by atoms with Crippen molar-refractivity contribution < 1.29 is 19.1 Å². The van der Waals surface area contributed by atoms with Gasteiger partial charge in [-0.05, 0) is 82.2 Å². The Hall–Kier alpha value is -3.35. The molecule has 3 rings (SSSR count). The maximum absolute atomic E-state index is 13.8. The highest BCUT2D eigenvalue weighted by atomic mass is 16.6. The molecule has 0 heterocycles. The average Bonchev–Trinajstić information content (AvgIpc) is 3.48. The Morgan fingerprint density at radius 2 is 1.66 bits per heavy atom. The molecule has 0 spiro atoms. The van der Waals surface area contributed by atoms with Gasteiger partial charge in [-0.15, -0.1) is 0 Å². The van der Waals surface area contributed by atoms with Crippen LogP contribution in [0.2, 0.25) is 0 Å². The molecule has 7 nitrogen and oxygen atoms in total. The number of carbonyl (C=O) groups is 3. The van der Waals surface area contributed by atoms with Crippen LogP contribution in [0.1, 0.15) is 62.4 Å². The molecular weight excluding hydrogens is 442 g/mol. The molecule has 1 fully saturated rings. The molecule has 1 aliphatic rings. The lowest BCUT2D eigenvalue weighted by molar-refractivity contribution is -0.139. The highest BCUT2D eigenvalue weighted by Crippen LogP contribution is 2.41. The summed E-state index contributed by atoms with van der Waals surface area (Å²) >= 11 is 0. The molecule has 0 aromatic heterocycles. The molecule has 1 saturated carbocycles. The third kappa shape index (κ3) is 6.62. The molecule has 7 heteroatoms. The van der Waals surface area contributed by atoms with E-state index in [9.17, 15) is 14.4 Å². The van der Waals surface area contributed by atoms with Crippen molar-refractivity contribution in [3.63, 3.8) is 0 Å². The summed E-state index contributed by atoms with van der Waals surface area (Å²) in [7, 11) is 0. The van der Waals surface area contributed by atoms with Crippen molar-refractivity contribution in [3.8, 4) is 0 Å². The first kappa shape index (κ1) is 26.3. The van der Waals surface area contributed by atoms with Crippen LogP contribution in [0.3, 0.4) is 0 Å². The van der Waals surface area contributed by atoms with Gasteiger partial charge in [0.15, 0.2) is 0 Å².